The van der Waals surface area contributed by atoms with Crippen LogP contribution in [0.15, 0.2) is 36.4 Å². The number of nitrogens with one attached hydrogen (secondary N) is 1. The van der Waals surface area contributed by atoms with Crippen LogP contribution in [0, 0.1) is 0 Å². The first kappa shape index (κ1) is 18.8. The van der Waals surface area contributed by atoms with Crippen molar-refractivity contribution in [2.75, 3.05) is 12.3 Å². The Kier molecular flexibility index (Phi) is 6.03. The fourth-order valence-corrected chi connectivity index (χ4v) is 2.14. The van der Waals surface area contributed by atoms with E-state index in [9.17, 15) is 4.79 Å². The first-order valence-electron chi connectivity index (χ1n) is 7.70. The quantitative estimate of drug-likeness (QED) is 0.843. The van der Waals surface area contributed by atoms with E-state index in [2.05, 4.69) is 15.5 Å². The maximum Gasteiger partial charge on any atom is 0.408 e. The van der Waals surface area contributed by atoms with Crippen molar-refractivity contribution in [3.05, 3.63) is 47.1 Å². The second kappa shape index (κ2) is 8.02. The van der Waals surface area contributed by atoms with Crippen molar-refractivity contribution in [3.63, 3.8) is 0 Å². The molecule has 1 heterocycles. The first-order chi connectivity index (χ1) is 11.7. The molecule has 2 rings (SSSR count). The number of nitrogen functional groups attached to an aromatic ring is 1. The summed E-state index contributed by atoms with van der Waals surface area (Å²) in [5.41, 5.74) is 5.99. The standard InChI is InChI=1S/C17H21ClN4O3/c1-17(2,3)25-16(23)20-12(11-7-5-4-6-8-11)10-24-13-9-14(18)21-22-15(13)19/h4-9,12H,10H2,1-3H3,(H2,19,22)(H,20,23). The van der Waals surface area contributed by atoms with Gasteiger partial charge in [0.25, 0.3) is 0 Å². The second-order valence-electron chi connectivity index (χ2n) is 6.34. The maximum atomic E-state index is 12.1. The van der Waals surface area contributed by atoms with E-state index < -0.39 is 17.7 Å². The van der Waals surface area contributed by atoms with Crippen molar-refractivity contribution in [3.8, 4) is 5.75 Å². The number of hydrogen-bond acceptors (Lipinski definition) is 6. The van der Waals surface area contributed by atoms with Gasteiger partial charge < -0.3 is 20.5 Å². The Labute approximate surface area is 151 Å². The van der Waals surface area contributed by atoms with E-state index in [1.165, 1.54) is 6.07 Å². The Bertz CT molecular complexity index is 720. The molecule has 3 N–H and O–H groups in total. The molecule has 2 aromatic rings. The smallest absolute Gasteiger partial charge is 0.408 e. The third kappa shape index (κ3) is 6.11. The normalized spacial score (nSPS) is 12.3. The van der Waals surface area contributed by atoms with Crippen LogP contribution in [0.3, 0.4) is 0 Å². The van der Waals surface area contributed by atoms with E-state index in [1.807, 2.05) is 30.3 Å². The average molecular weight is 365 g/mol. The Morgan fingerprint density at radius 2 is 1.96 bits per heavy atom. The predicted octanol–water partition coefficient (Wildman–Crippen LogP) is 3.36. The lowest BCUT2D eigenvalue weighted by Crippen LogP contribution is -2.37. The average Bonchev–Trinajstić information content (AvgIpc) is 2.53. The molecule has 25 heavy (non-hydrogen) atoms. The summed E-state index contributed by atoms with van der Waals surface area (Å²) in [6.07, 6.45) is -0.538. The number of benzene rings is 1. The number of carbonyl (C=O) groups excluding carboxylic acids is 1. The SMILES string of the molecule is CC(C)(C)OC(=O)NC(COc1cc(Cl)nnc1N)c1ccccc1. The van der Waals surface area contributed by atoms with Crippen LogP contribution in [0.5, 0.6) is 5.75 Å². The summed E-state index contributed by atoms with van der Waals surface area (Å²) in [6, 6.07) is 10.4. The highest BCUT2D eigenvalue weighted by molar-refractivity contribution is 6.29. The van der Waals surface area contributed by atoms with E-state index in [0.29, 0.717) is 5.75 Å². The Morgan fingerprint density at radius 3 is 2.60 bits per heavy atom. The summed E-state index contributed by atoms with van der Waals surface area (Å²) in [4.78, 5) is 12.1. The van der Waals surface area contributed by atoms with Gasteiger partial charge in [0.2, 0.25) is 0 Å². The number of nitrogens with two attached hydrogens (primary N) is 1. The lowest BCUT2D eigenvalue weighted by Gasteiger charge is -2.24. The summed E-state index contributed by atoms with van der Waals surface area (Å²) < 4.78 is 11.0. The minimum absolute atomic E-state index is 0.119. The molecule has 1 atom stereocenters. The molecule has 0 saturated heterocycles. The molecule has 7 nitrogen and oxygen atoms in total. The topological polar surface area (TPSA) is 99.4 Å². The third-order valence-electron chi connectivity index (χ3n) is 3.05. The van der Waals surface area contributed by atoms with Gasteiger partial charge in [-0.25, -0.2) is 4.79 Å². The van der Waals surface area contributed by atoms with Crippen molar-refractivity contribution < 1.29 is 14.3 Å². The number of amides is 1. The van der Waals surface area contributed by atoms with Crippen LogP contribution in [0.2, 0.25) is 5.15 Å². The predicted molar refractivity (Wildman–Crippen MR) is 95.5 cm³/mol. The van der Waals surface area contributed by atoms with E-state index in [1.54, 1.807) is 20.8 Å². The van der Waals surface area contributed by atoms with Gasteiger partial charge in [-0.05, 0) is 26.3 Å². The van der Waals surface area contributed by atoms with Gasteiger partial charge in [0.15, 0.2) is 16.7 Å². The largest absolute Gasteiger partial charge is 0.487 e. The minimum atomic E-state index is -0.598. The molecule has 0 fully saturated rings. The molecule has 1 aromatic heterocycles. The molecule has 0 aliphatic rings. The van der Waals surface area contributed by atoms with Crippen molar-refractivity contribution in [2.24, 2.45) is 0 Å². The monoisotopic (exact) mass is 364 g/mol. The number of aromatic nitrogens is 2. The molecule has 0 radical (unpaired) electrons. The highest BCUT2D eigenvalue weighted by atomic mass is 35.5. The van der Waals surface area contributed by atoms with Crippen molar-refractivity contribution in [2.45, 2.75) is 32.4 Å². The van der Waals surface area contributed by atoms with Crippen LogP contribution in [-0.2, 0) is 4.74 Å². The molecular weight excluding hydrogens is 344 g/mol. The van der Waals surface area contributed by atoms with Crippen LogP contribution < -0.4 is 15.8 Å². The highest BCUT2D eigenvalue weighted by Crippen LogP contribution is 2.23. The maximum absolute atomic E-state index is 12.1. The molecule has 0 bridgehead atoms. The number of ether oxygens (including phenoxy) is 2. The number of rotatable bonds is 5. The molecule has 1 amide bonds. The third-order valence-corrected chi connectivity index (χ3v) is 3.24. The number of anilines is 1. The van der Waals surface area contributed by atoms with E-state index >= 15 is 0 Å². The lowest BCUT2D eigenvalue weighted by molar-refractivity contribution is 0.0487. The molecular formula is C17H21ClN4O3. The zero-order valence-electron chi connectivity index (χ0n) is 14.3. The summed E-state index contributed by atoms with van der Waals surface area (Å²) in [5.74, 6) is 0.417. The van der Waals surface area contributed by atoms with Crippen LogP contribution in [-0.4, -0.2) is 28.5 Å². The second-order valence-corrected chi connectivity index (χ2v) is 6.72. The molecule has 1 unspecified atom stereocenters. The fraction of sp³-hybridized carbons (Fsp3) is 0.353. The van der Waals surface area contributed by atoms with Gasteiger partial charge in [0, 0.05) is 6.07 Å². The summed E-state index contributed by atoms with van der Waals surface area (Å²) in [7, 11) is 0. The summed E-state index contributed by atoms with van der Waals surface area (Å²) >= 11 is 5.81. The van der Waals surface area contributed by atoms with Crippen molar-refractivity contribution in [1.29, 1.82) is 0 Å². The fourth-order valence-electron chi connectivity index (χ4n) is 2.01. The number of hydrogen-bond donors (Lipinski definition) is 2. The van der Waals surface area contributed by atoms with Gasteiger partial charge in [-0.15, -0.1) is 10.2 Å². The lowest BCUT2D eigenvalue weighted by atomic mass is 10.1. The van der Waals surface area contributed by atoms with E-state index in [-0.39, 0.29) is 17.6 Å². The highest BCUT2D eigenvalue weighted by Gasteiger charge is 2.21. The van der Waals surface area contributed by atoms with Crippen LogP contribution in [0.4, 0.5) is 10.6 Å². The summed E-state index contributed by atoms with van der Waals surface area (Å²) in [6.45, 7) is 5.51. The number of halogens is 1. The first-order valence-corrected chi connectivity index (χ1v) is 8.08. The number of alkyl carbamates (subject to hydrolysis) is 1. The molecule has 0 aliphatic heterocycles. The van der Waals surface area contributed by atoms with Crippen LogP contribution in [0.1, 0.15) is 32.4 Å². The van der Waals surface area contributed by atoms with Gasteiger partial charge in [-0.2, -0.15) is 0 Å². The number of nitrogens with zero attached hydrogens (tertiary/aromatic N) is 2. The van der Waals surface area contributed by atoms with Gasteiger partial charge in [-0.1, -0.05) is 41.9 Å². The zero-order valence-corrected chi connectivity index (χ0v) is 15.1. The van der Waals surface area contributed by atoms with Crippen LogP contribution >= 0.6 is 11.6 Å². The van der Waals surface area contributed by atoms with Crippen molar-refractivity contribution in [1.82, 2.24) is 15.5 Å². The van der Waals surface area contributed by atoms with Crippen molar-refractivity contribution >= 4 is 23.5 Å². The Hall–Kier alpha value is -2.54. The molecule has 0 saturated carbocycles. The Balaban J connectivity index is 2.12. The van der Waals surface area contributed by atoms with E-state index in [0.717, 1.165) is 5.56 Å². The molecule has 0 aliphatic carbocycles. The van der Waals surface area contributed by atoms with Gasteiger partial charge in [0.1, 0.15) is 12.2 Å². The molecule has 134 valence electrons. The van der Waals surface area contributed by atoms with Crippen LogP contribution in [0.25, 0.3) is 0 Å². The zero-order chi connectivity index (χ0) is 18.4. The van der Waals surface area contributed by atoms with E-state index in [4.69, 9.17) is 26.8 Å². The van der Waals surface area contributed by atoms with Gasteiger partial charge >= 0.3 is 6.09 Å². The van der Waals surface area contributed by atoms with Gasteiger partial charge in [-0.3, -0.25) is 0 Å². The Morgan fingerprint density at radius 1 is 1.28 bits per heavy atom. The number of carbonyl (C=O) groups is 1. The van der Waals surface area contributed by atoms with Gasteiger partial charge in [0.05, 0.1) is 6.04 Å². The molecule has 0 spiro atoms. The molecule has 8 heteroatoms. The summed E-state index contributed by atoms with van der Waals surface area (Å²) in [5, 5.41) is 10.3. The minimum Gasteiger partial charge on any atom is -0.487 e. The molecule has 1 aromatic carbocycles.